The Morgan fingerprint density at radius 2 is 1.81 bits per heavy atom. The number of carboxylic acid groups (broad SMARTS) is 1. The van der Waals surface area contributed by atoms with Crippen LogP contribution in [0.3, 0.4) is 0 Å². The Hall–Kier alpha value is -2.18. The maximum absolute atomic E-state index is 14.0. The Morgan fingerprint density at radius 1 is 1.15 bits per heavy atom. The van der Waals surface area contributed by atoms with Crippen LogP contribution in [0.25, 0.3) is 6.08 Å². The predicted molar refractivity (Wildman–Crippen MR) is 91.6 cm³/mol. The van der Waals surface area contributed by atoms with Crippen molar-refractivity contribution in [3.05, 3.63) is 69.2 Å². The zero-order valence-electron chi connectivity index (χ0n) is 13.0. The van der Waals surface area contributed by atoms with Gasteiger partial charge in [0, 0.05) is 28.1 Å². The molecule has 0 aromatic heterocycles. The lowest BCUT2D eigenvalue weighted by Gasteiger charge is -2.31. The molecular weight excluding hydrogens is 392 g/mol. The molecule has 0 bridgehead atoms. The first kappa shape index (κ1) is 18.6. The van der Waals surface area contributed by atoms with Crippen LogP contribution in [0.15, 0.2) is 42.5 Å². The summed E-state index contributed by atoms with van der Waals surface area (Å²) in [5.74, 6) is -1.08. The second kappa shape index (κ2) is 6.52. The largest absolute Gasteiger partial charge is 0.478 e. The van der Waals surface area contributed by atoms with E-state index in [0.29, 0.717) is 11.1 Å². The van der Waals surface area contributed by atoms with Crippen LogP contribution >= 0.6 is 23.2 Å². The molecular formula is C18H11Cl2F3O3. The quantitative estimate of drug-likeness (QED) is 0.691. The number of halogens is 5. The number of hydrogen-bond acceptors (Lipinski definition) is 2. The monoisotopic (exact) mass is 402 g/mol. The highest BCUT2D eigenvalue weighted by molar-refractivity contribution is 6.34. The highest BCUT2D eigenvalue weighted by Gasteiger charge is 2.61. The minimum absolute atomic E-state index is 0.0701. The first-order chi connectivity index (χ1) is 12.1. The van der Waals surface area contributed by atoms with Gasteiger partial charge in [0.05, 0.1) is 0 Å². The number of carbonyl (C=O) groups is 1. The van der Waals surface area contributed by atoms with Gasteiger partial charge in [-0.05, 0) is 47.5 Å². The van der Waals surface area contributed by atoms with E-state index in [1.165, 1.54) is 42.5 Å². The van der Waals surface area contributed by atoms with Gasteiger partial charge in [-0.3, -0.25) is 0 Å². The van der Waals surface area contributed by atoms with E-state index in [1.54, 1.807) is 0 Å². The lowest BCUT2D eigenvalue weighted by atomic mass is 9.88. The Morgan fingerprint density at radius 3 is 2.38 bits per heavy atom. The van der Waals surface area contributed by atoms with Gasteiger partial charge in [-0.25, -0.2) is 4.79 Å². The summed E-state index contributed by atoms with van der Waals surface area (Å²) in [7, 11) is 0. The van der Waals surface area contributed by atoms with Crippen molar-refractivity contribution in [1.82, 2.24) is 0 Å². The fourth-order valence-electron chi connectivity index (χ4n) is 2.87. The van der Waals surface area contributed by atoms with E-state index >= 15 is 0 Å². The zero-order valence-corrected chi connectivity index (χ0v) is 14.5. The first-order valence-electron chi connectivity index (χ1n) is 7.37. The molecule has 1 unspecified atom stereocenters. The van der Waals surface area contributed by atoms with Crippen LogP contribution in [0.4, 0.5) is 13.2 Å². The standard InChI is InChI=1S/C18H11Cl2F3O3/c19-13-6-12(7-14(20)8-13)17(18(21,22)23)9-11-5-10(2-4-16(24)25)1-3-15(11)26-17/h1-8H,9H2,(H,24,25). The minimum Gasteiger partial charge on any atom is -0.478 e. The Bertz CT molecular complexity index is 889. The molecule has 2 aromatic carbocycles. The summed E-state index contributed by atoms with van der Waals surface area (Å²) < 4.78 is 47.3. The molecule has 0 amide bonds. The van der Waals surface area contributed by atoms with Crippen LogP contribution < -0.4 is 4.74 Å². The molecule has 1 N–H and O–H groups in total. The molecule has 0 aliphatic carbocycles. The molecule has 3 rings (SSSR count). The van der Waals surface area contributed by atoms with Crippen LogP contribution in [0, 0.1) is 0 Å². The number of carboxylic acids is 1. The van der Waals surface area contributed by atoms with Crippen LogP contribution in [-0.4, -0.2) is 17.3 Å². The highest BCUT2D eigenvalue weighted by atomic mass is 35.5. The number of aliphatic carboxylic acids is 1. The molecule has 26 heavy (non-hydrogen) atoms. The third-order valence-electron chi connectivity index (χ3n) is 4.01. The highest BCUT2D eigenvalue weighted by Crippen LogP contribution is 2.51. The van der Waals surface area contributed by atoms with E-state index in [0.717, 1.165) is 6.08 Å². The fraction of sp³-hybridized carbons (Fsp3) is 0.167. The molecule has 1 heterocycles. The van der Waals surface area contributed by atoms with Crippen LogP contribution in [-0.2, 0) is 16.8 Å². The molecule has 2 aromatic rings. The number of rotatable bonds is 3. The molecule has 1 aliphatic heterocycles. The number of fused-ring (bicyclic) bond motifs is 1. The van der Waals surface area contributed by atoms with Gasteiger partial charge < -0.3 is 9.84 Å². The van der Waals surface area contributed by atoms with Crippen LogP contribution in [0.2, 0.25) is 10.0 Å². The summed E-state index contributed by atoms with van der Waals surface area (Å²) in [6, 6.07) is 8.03. The van der Waals surface area contributed by atoms with Crippen molar-refractivity contribution in [3.63, 3.8) is 0 Å². The lowest BCUT2D eigenvalue weighted by molar-refractivity contribution is -0.248. The Balaban J connectivity index is 2.07. The molecule has 1 aliphatic rings. The number of benzene rings is 2. The normalized spacial score (nSPS) is 19.4. The summed E-state index contributed by atoms with van der Waals surface area (Å²) in [5.41, 5.74) is -2.04. The van der Waals surface area contributed by atoms with E-state index in [4.69, 9.17) is 33.0 Å². The van der Waals surface area contributed by atoms with Crippen molar-refractivity contribution < 1.29 is 27.8 Å². The van der Waals surface area contributed by atoms with Gasteiger partial charge in [0.15, 0.2) is 0 Å². The summed E-state index contributed by atoms with van der Waals surface area (Å²) in [5, 5.41) is 8.81. The summed E-state index contributed by atoms with van der Waals surface area (Å²) in [6.07, 6.45) is -2.99. The molecule has 0 radical (unpaired) electrons. The average Bonchev–Trinajstić information content (AvgIpc) is 2.91. The van der Waals surface area contributed by atoms with Crippen molar-refractivity contribution in [1.29, 1.82) is 0 Å². The van der Waals surface area contributed by atoms with Gasteiger partial charge >= 0.3 is 12.1 Å². The molecule has 0 saturated carbocycles. The Kier molecular flexibility index (Phi) is 4.67. The second-order valence-corrected chi connectivity index (χ2v) is 6.67. The van der Waals surface area contributed by atoms with Crippen molar-refractivity contribution in [2.45, 2.75) is 18.2 Å². The van der Waals surface area contributed by atoms with Crippen molar-refractivity contribution in [2.24, 2.45) is 0 Å². The van der Waals surface area contributed by atoms with Gasteiger partial charge in [-0.2, -0.15) is 13.2 Å². The molecule has 8 heteroatoms. The van der Waals surface area contributed by atoms with E-state index in [2.05, 4.69) is 0 Å². The molecule has 0 spiro atoms. The number of alkyl halides is 3. The summed E-state index contributed by atoms with van der Waals surface area (Å²) >= 11 is 11.8. The first-order valence-corrected chi connectivity index (χ1v) is 8.12. The number of ether oxygens (including phenoxy) is 1. The molecule has 0 saturated heterocycles. The topological polar surface area (TPSA) is 46.5 Å². The third kappa shape index (κ3) is 3.39. The maximum atomic E-state index is 14.0. The molecule has 3 nitrogen and oxygen atoms in total. The SMILES string of the molecule is O=C(O)C=Cc1ccc2c(c1)CC(c1cc(Cl)cc(Cl)c1)(C(F)(F)F)O2. The molecule has 1 atom stereocenters. The van der Waals surface area contributed by atoms with Gasteiger partial charge in [-0.1, -0.05) is 29.3 Å². The summed E-state index contributed by atoms with van der Waals surface area (Å²) in [6.45, 7) is 0. The zero-order chi connectivity index (χ0) is 19.1. The third-order valence-corrected chi connectivity index (χ3v) is 4.45. The predicted octanol–water partition coefficient (Wildman–Crippen LogP) is 5.48. The maximum Gasteiger partial charge on any atom is 0.432 e. The van der Waals surface area contributed by atoms with E-state index in [-0.39, 0.29) is 21.4 Å². The van der Waals surface area contributed by atoms with E-state index in [1.807, 2.05) is 0 Å². The second-order valence-electron chi connectivity index (χ2n) is 5.80. The van der Waals surface area contributed by atoms with Crippen LogP contribution in [0.1, 0.15) is 16.7 Å². The molecule has 136 valence electrons. The van der Waals surface area contributed by atoms with Crippen LogP contribution in [0.5, 0.6) is 5.75 Å². The van der Waals surface area contributed by atoms with E-state index in [9.17, 15) is 18.0 Å². The van der Waals surface area contributed by atoms with Crippen molar-refractivity contribution >= 4 is 35.2 Å². The van der Waals surface area contributed by atoms with Gasteiger partial charge in [0.1, 0.15) is 5.75 Å². The van der Waals surface area contributed by atoms with Crippen molar-refractivity contribution in [3.8, 4) is 5.75 Å². The smallest absolute Gasteiger partial charge is 0.432 e. The Labute approximate surface area is 156 Å². The molecule has 0 fully saturated rings. The minimum atomic E-state index is -4.73. The van der Waals surface area contributed by atoms with Gasteiger partial charge in [-0.15, -0.1) is 0 Å². The van der Waals surface area contributed by atoms with Gasteiger partial charge in [0.25, 0.3) is 0 Å². The summed E-state index contributed by atoms with van der Waals surface area (Å²) in [4.78, 5) is 10.6. The average molecular weight is 403 g/mol. The van der Waals surface area contributed by atoms with Gasteiger partial charge in [0.2, 0.25) is 5.60 Å². The fourth-order valence-corrected chi connectivity index (χ4v) is 3.40. The van der Waals surface area contributed by atoms with Crippen molar-refractivity contribution in [2.75, 3.05) is 0 Å². The van der Waals surface area contributed by atoms with E-state index < -0.39 is 24.2 Å². The number of hydrogen-bond donors (Lipinski definition) is 1. The lowest BCUT2D eigenvalue weighted by Crippen LogP contribution is -2.46.